The highest BCUT2D eigenvalue weighted by Crippen LogP contribution is 2.23. The number of hydrogen-bond donors (Lipinski definition) is 2. The highest BCUT2D eigenvalue weighted by Gasteiger charge is 2.31. The molecule has 0 bridgehead atoms. The molecule has 4 heteroatoms. The Hall–Kier alpha value is -1.03. The normalized spacial score (nSPS) is 19.9. The molecule has 0 aliphatic carbocycles. The Bertz CT molecular complexity index is 386. The van der Waals surface area contributed by atoms with Crippen LogP contribution in [0.2, 0.25) is 0 Å². The van der Waals surface area contributed by atoms with E-state index in [0.717, 1.165) is 24.2 Å². The fraction of sp³-hybridized carbons (Fsp3) is 0.667. The predicted molar refractivity (Wildman–Crippen MR) is 50.8 cm³/mol. The number of aromatic amines is 1. The van der Waals surface area contributed by atoms with Crippen molar-refractivity contribution in [2.24, 2.45) is 7.05 Å². The van der Waals surface area contributed by atoms with Crippen LogP contribution >= 0.6 is 0 Å². The number of nitrogens with zero attached hydrogens (tertiary/aromatic N) is 1. The third kappa shape index (κ3) is 1.13. The lowest BCUT2D eigenvalue weighted by Crippen LogP contribution is -2.45. The third-order valence-corrected chi connectivity index (χ3v) is 2.74. The maximum absolute atomic E-state index is 11.6. The standard InChI is InChI=1S/C9H15N3O/c1-9(2)7-6(4-5-10-9)12(3)11-8(7)13/h10H,4-5H2,1-3H3,(H,11,13). The summed E-state index contributed by atoms with van der Waals surface area (Å²) in [5.74, 6) is 0. The molecule has 1 aromatic heterocycles. The van der Waals surface area contributed by atoms with Crippen molar-refractivity contribution in [1.82, 2.24) is 15.1 Å². The molecule has 0 amide bonds. The quantitative estimate of drug-likeness (QED) is 0.596. The lowest BCUT2D eigenvalue weighted by Gasteiger charge is -2.30. The van der Waals surface area contributed by atoms with Crippen LogP contribution in [0.4, 0.5) is 0 Å². The number of hydrogen-bond acceptors (Lipinski definition) is 2. The number of H-pyrrole nitrogens is 1. The van der Waals surface area contributed by atoms with Gasteiger partial charge in [0.15, 0.2) is 0 Å². The fourth-order valence-electron chi connectivity index (χ4n) is 2.09. The van der Waals surface area contributed by atoms with Crippen LogP contribution in [0.3, 0.4) is 0 Å². The summed E-state index contributed by atoms with van der Waals surface area (Å²) >= 11 is 0. The first-order chi connectivity index (χ1) is 6.02. The van der Waals surface area contributed by atoms with Gasteiger partial charge < -0.3 is 5.32 Å². The first kappa shape index (κ1) is 8.56. The SMILES string of the molecule is Cn1[nH]c(=O)c2c1CCNC2(C)C. The largest absolute Gasteiger partial charge is 0.307 e. The van der Waals surface area contributed by atoms with Crippen LogP contribution in [0.25, 0.3) is 0 Å². The smallest absolute Gasteiger partial charge is 0.269 e. The second-order valence-electron chi connectivity index (χ2n) is 4.12. The van der Waals surface area contributed by atoms with Crippen molar-refractivity contribution in [1.29, 1.82) is 0 Å². The molecule has 4 nitrogen and oxygen atoms in total. The topological polar surface area (TPSA) is 49.8 Å². The van der Waals surface area contributed by atoms with Crippen LogP contribution in [0.5, 0.6) is 0 Å². The maximum Gasteiger partial charge on any atom is 0.269 e. The molecule has 1 aliphatic heterocycles. The van der Waals surface area contributed by atoms with Gasteiger partial charge in [0.2, 0.25) is 0 Å². The summed E-state index contributed by atoms with van der Waals surface area (Å²) in [5, 5.41) is 6.13. The van der Waals surface area contributed by atoms with E-state index in [9.17, 15) is 4.79 Å². The zero-order valence-corrected chi connectivity index (χ0v) is 8.27. The summed E-state index contributed by atoms with van der Waals surface area (Å²) in [6, 6.07) is 0. The van der Waals surface area contributed by atoms with Gasteiger partial charge >= 0.3 is 0 Å². The Balaban J connectivity index is 2.69. The minimum atomic E-state index is -0.192. The van der Waals surface area contributed by atoms with Gasteiger partial charge in [0, 0.05) is 31.2 Å². The Morgan fingerprint density at radius 3 is 2.77 bits per heavy atom. The molecule has 0 radical (unpaired) electrons. The molecule has 2 rings (SSSR count). The molecule has 0 spiro atoms. The van der Waals surface area contributed by atoms with Gasteiger partial charge in [0.1, 0.15) is 0 Å². The molecule has 0 atom stereocenters. The van der Waals surface area contributed by atoms with E-state index < -0.39 is 0 Å². The molecule has 72 valence electrons. The zero-order valence-electron chi connectivity index (χ0n) is 8.27. The zero-order chi connectivity index (χ0) is 9.64. The number of fused-ring (bicyclic) bond motifs is 1. The van der Waals surface area contributed by atoms with Gasteiger partial charge in [0.05, 0.1) is 5.56 Å². The van der Waals surface area contributed by atoms with Crippen LogP contribution in [0.15, 0.2) is 4.79 Å². The van der Waals surface area contributed by atoms with Crippen molar-refractivity contribution >= 4 is 0 Å². The van der Waals surface area contributed by atoms with Gasteiger partial charge in [-0.2, -0.15) is 0 Å². The second-order valence-corrected chi connectivity index (χ2v) is 4.12. The van der Waals surface area contributed by atoms with Crippen molar-refractivity contribution in [3.05, 3.63) is 21.6 Å². The molecule has 2 N–H and O–H groups in total. The predicted octanol–water partition coefficient (Wildman–Crippen LogP) is 0.0942. The van der Waals surface area contributed by atoms with Crippen LogP contribution in [-0.4, -0.2) is 16.3 Å². The third-order valence-electron chi connectivity index (χ3n) is 2.74. The molecular weight excluding hydrogens is 166 g/mol. The van der Waals surface area contributed by atoms with Gasteiger partial charge in [-0.15, -0.1) is 0 Å². The van der Waals surface area contributed by atoms with E-state index >= 15 is 0 Å². The Labute approximate surface area is 76.9 Å². The van der Waals surface area contributed by atoms with E-state index in [0.29, 0.717) is 0 Å². The molecular formula is C9H15N3O. The van der Waals surface area contributed by atoms with Crippen molar-refractivity contribution in [2.75, 3.05) is 6.54 Å². The molecule has 1 aromatic rings. The summed E-state index contributed by atoms with van der Waals surface area (Å²) in [5.41, 5.74) is 1.87. The number of rotatable bonds is 0. The van der Waals surface area contributed by atoms with Gasteiger partial charge in [-0.1, -0.05) is 0 Å². The molecule has 0 fully saturated rings. The Morgan fingerprint density at radius 1 is 1.46 bits per heavy atom. The van der Waals surface area contributed by atoms with Crippen LogP contribution in [-0.2, 0) is 19.0 Å². The molecule has 13 heavy (non-hydrogen) atoms. The fourth-order valence-corrected chi connectivity index (χ4v) is 2.09. The van der Waals surface area contributed by atoms with Gasteiger partial charge in [-0.3, -0.25) is 14.6 Å². The van der Waals surface area contributed by atoms with E-state index in [1.54, 1.807) is 0 Å². The summed E-state index contributed by atoms with van der Waals surface area (Å²) in [7, 11) is 1.89. The minimum absolute atomic E-state index is 0.0368. The molecule has 0 unspecified atom stereocenters. The number of aryl methyl sites for hydroxylation is 1. The molecule has 0 aromatic carbocycles. The lowest BCUT2D eigenvalue weighted by molar-refractivity contribution is 0.375. The summed E-state index contributed by atoms with van der Waals surface area (Å²) < 4.78 is 1.83. The van der Waals surface area contributed by atoms with E-state index in [4.69, 9.17) is 0 Å². The molecule has 2 heterocycles. The maximum atomic E-state index is 11.6. The minimum Gasteiger partial charge on any atom is -0.307 e. The molecule has 0 saturated heterocycles. The van der Waals surface area contributed by atoms with Gasteiger partial charge in [-0.05, 0) is 13.8 Å². The number of nitrogens with one attached hydrogen (secondary N) is 2. The Kier molecular flexibility index (Phi) is 1.63. The van der Waals surface area contributed by atoms with E-state index in [-0.39, 0.29) is 11.1 Å². The number of aromatic nitrogens is 2. The average Bonchev–Trinajstić information content (AvgIpc) is 2.27. The van der Waals surface area contributed by atoms with Gasteiger partial charge in [-0.25, -0.2) is 0 Å². The van der Waals surface area contributed by atoms with Gasteiger partial charge in [0.25, 0.3) is 5.56 Å². The van der Waals surface area contributed by atoms with Crippen LogP contribution in [0, 0.1) is 0 Å². The van der Waals surface area contributed by atoms with Crippen molar-refractivity contribution in [3.63, 3.8) is 0 Å². The first-order valence-corrected chi connectivity index (χ1v) is 4.56. The lowest BCUT2D eigenvalue weighted by atomic mass is 9.90. The molecule has 1 aliphatic rings. The average molecular weight is 181 g/mol. The first-order valence-electron chi connectivity index (χ1n) is 4.56. The van der Waals surface area contributed by atoms with E-state index in [1.807, 2.05) is 25.6 Å². The van der Waals surface area contributed by atoms with Crippen molar-refractivity contribution in [3.8, 4) is 0 Å². The van der Waals surface area contributed by atoms with Crippen molar-refractivity contribution < 1.29 is 0 Å². The van der Waals surface area contributed by atoms with E-state index in [2.05, 4.69) is 10.4 Å². The summed E-state index contributed by atoms with van der Waals surface area (Å²) in [6.07, 6.45) is 0.925. The van der Waals surface area contributed by atoms with Crippen LogP contribution < -0.4 is 10.9 Å². The molecule has 0 saturated carbocycles. The van der Waals surface area contributed by atoms with Crippen molar-refractivity contribution in [2.45, 2.75) is 25.8 Å². The highest BCUT2D eigenvalue weighted by molar-refractivity contribution is 5.28. The van der Waals surface area contributed by atoms with E-state index in [1.165, 1.54) is 0 Å². The monoisotopic (exact) mass is 181 g/mol. The highest BCUT2D eigenvalue weighted by atomic mass is 16.1. The second kappa shape index (κ2) is 2.48. The summed E-state index contributed by atoms with van der Waals surface area (Å²) in [6.45, 7) is 5.02. The summed E-state index contributed by atoms with van der Waals surface area (Å²) in [4.78, 5) is 11.6. The van der Waals surface area contributed by atoms with Crippen LogP contribution in [0.1, 0.15) is 25.1 Å². The Morgan fingerprint density at radius 2 is 2.15 bits per heavy atom.